The molecule has 94 valence electrons. The molecule has 1 amide bonds. The highest BCUT2D eigenvalue weighted by Crippen LogP contribution is 2.23. The van der Waals surface area contributed by atoms with E-state index in [-0.39, 0.29) is 12.6 Å². The summed E-state index contributed by atoms with van der Waals surface area (Å²) in [6.45, 7) is 2.04. The zero-order valence-electron chi connectivity index (χ0n) is 10.0. The molecule has 0 aliphatic rings. The monoisotopic (exact) mass is 238 g/mol. The fourth-order valence-electron chi connectivity index (χ4n) is 1.52. The zero-order chi connectivity index (χ0) is 12.8. The molecule has 1 rings (SSSR count). The highest BCUT2D eigenvalue weighted by molar-refractivity contribution is 5.78. The first-order chi connectivity index (χ1) is 8.06. The fourth-order valence-corrected chi connectivity index (χ4v) is 1.52. The van der Waals surface area contributed by atoms with E-state index in [1.807, 2.05) is 31.2 Å². The first-order valence-corrected chi connectivity index (χ1v) is 5.40. The molecule has 0 spiro atoms. The number of aliphatic hydroxyl groups excluding tert-OH is 1. The molecule has 0 aromatic heterocycles. The molecule has 1 aromatic rings. The molecule has 5 nitrogen and oxygen atoms in total. The number of nitrogens with two attached hydrogens (primary N) is 1. The topological polar surface area (TPSA) is 84.6 Å². The van der Waals surface area contributed by atoms with Gasteiger partial charge in [0.25, 0.3) is 0 Å². The summed E-state index contributed by atoms with van der Waals surface area (Å²) in [5, 5.41) is 12.3. The number of hydrogen-bond donors (Lipinski definition) is 3. The van der Waals surface area contributed by atoms with Gasteiger partial charge in [-0.1, -0.05) is 18.2 Å². The third kappa shape index (κ3) is 3.72. The average molecular weight is 238 g/mol. The van der Waals surface area contributed by atoms with Crippen LogP contribution in [0.1, 0.15) is 18.5 Å². The number of carbonyl (C=O) groups is 1. The van der Waals surface area contributed by atoms with Crippen LogP contribution in [0.25, 0.3) is 0 Å². The molecule has 17 heavy (non-hydrogen) atoms. The summed E-state index contributed by atoms with van der Waals surface area (Å²) < 4.78 is 5.23. The van der Waals surface area contributed by atoms with Crippen LogP contribution in [-0.4, -0.2) is 30.8 Å². The minimum Gasteiger partial charge on any atom is -0.496 e. The second-order valence-electron chi connectivity index (χ2n) is 3.79. The molecule has 0 heterocycles. The number of primary amides is 1. The van der Waals surface area contributed by atoms with Crippen molar-refractivity contribution in [3.8, 4) is 5.75 Å². The number of amides is 1. The largest absolute Gasteiger partial charge is 0.496 e. The highest BCUT2D eigenvalue weighted by Gasteiger charge is 2.14. The van der Waals surface area contributed by atoms with E-state index >= 15 is 0 Å². The number of methoxy groups -OCH3 is 1. The molecule has 0 fully saturated rings. The minimum atomic E-state index is -1.17. The minimum absolute atomic E-state index is 0.0415. The number of benzene rings is 1. The van der Waals surface area contributed by atoms with Crippen LogP contribution in [0.3, 0.4) is 0 Å². The lowest BCUT2D eigenvalue weighted by Gasteiger charge is -2.18. The van der Waals surface area contributed by atoms with E-state index in [4.69, 9.17) is 10.5 Å². The third-order valence-corrected chi connectivity index (χ3v) is 2.55. The Bertz CT molecular complexity index is 382. The number of rotatable bonds is 6. The number of aliphatic hydroxyl groups is 1. The van der Waals surface area contributed by atoms with Crippen LogP contribution < -0.4 is 15.8 Å². The van der Waals surface area contributed by atoms with Crippen molar-refractivity contribution in [1.29, 1.82) is 0 Å². The predicted molar refractivity (Wildman–Crippen MR) is 64.6 cm³/mol. The van der Waals surface area contributed by atoms with E-state index in [0.29, 0.717) is 0 Å². The maximum absolute atomic E-state index is 10.7. The van der Waals surface area contributed by atoms with Crippen molar-refractivity contribution in [1.82, 2.24) is 5.32 Å². The molecule has 5 heteroatoms. The van der Waals surface area contributed by atoms with E-state index in [1.165, 1.54) is 0 Å². The van der Waals surface area contributed by atoms with E-state index in [2.05, 4.69) is 5.32 Å². The number of carbonyl (C=O) groups excluding carboxylic acids is 1. The second kappa shape index (κ2) is 6.22. The van der Waals surface area contributed by atoms with Crippen molar-refractivity contribution in [2.75, 3.05) is 13.7 Å². The summed E-state index contributed by atoms with van der Waals surface area (Å²) in [6, 6.07) is 7.53. The zero-order valence-corrected chi connectivity index (χ0v) is 10.0. The summed E-state index contributed by atoms with van der Waals surface area (Å²) >= 11 is 0. The summed E-state index contributed by atoms with van der Waals surface area (Å²) in [6.07, 6.45) is -1.17. The molecule has 2 unspecified atom stereocenters. The molecule has 4 N–H and O–H groups in total. The smallest absolute Gasteiger partial charge is 0.247 e. The van der Waals surface area contributed by atoms with Crippen LogP contribution in [0.2, 0.25) is 0 Å². The summed E-state index contributed by atoms with van der Waals surface area (Å²) in [4.78, 5) is 10.7. The van der Waals surface area contributed by atoms with Gasteiger partial charge in [0.2, 0.25) is 5.91 Å². The molecule has 1 aromatic carbocycles. The summed E-state index contributed by atoms with van der Waals surface area (Å²) in [5.74, 6) is 0.0331. The SMILES string of the molecule is COc1ccccc1C(C)NCC(O)C(N)=O. The lowest BCUT2D eigenvalue weighted by Crippen LogP contribution is -2.38. The molecule has 0 saturated heterocycles. The summed E-state index contributed by atoms with van der Waals surface area (Å²) in [5.41, 5.74) is 5.93. The van der Waals surface area contributed by atoms with Crippen LogP contribution in [0.15, 0.2) is 24.3 Å². The van der Waals surface area contributed by atoms with Crippen molar-refractivity contribution in [2.24, 2.45) is 5.73 Å². The quantitative estimate of drug-likeness (QED) is 0.660. The van der Waals surface area contributed by atoms with Crippen LogP contribution in [0.4, 0.5) is 0 Å². The van der Waals surface area contributed by atoms with Crippen molar-refractivity contribution in [3.05, 3.63) is 29.8 Å². The Morgan fingerprint density at radius 3 is 2.76 bits per heavy atom. The highest BCUT2D eigenvalue weighted by atomic mass is 16.5. The maximum atomic E-state index is 10.7. The van der Waals surface area contributed by atoms with Gasteiger partial charge in [0.15, 0.2) is 0 Å². The van der Waals surface area contributed by atoms with Gasteiger partial charge in [-0.25, -0.2) is 0 Å². The third-order valence-electron chi connectivity index (χ3n) is 2.55. The Kier molecular flexibility index (Phi) is 4.93. The van der Waals surface area contributed by atoms with Gasteiger partial charge >= 0.3 is 0 Å². The molecule has 0 radical (unpaired) electrons. The van der Waals surface area contributed by atoms with Gasteiger partial charge in [-0.15, -0.1) is 0 Å². The Morgan fingerprint density at radius 1 is 1.53 bits per heavy atom. The molecule has 2 atom stereocenters. The van der Waals surface area contributed by atoms with E-state index < -0.39 is 12.0 Å². The van der Waals surface area contributed by atoms with Crippen LogP contribution in [0, 0.1) is 0 Å². The van der Waals surface area contributed by atoms with E-state index in [9.17, 15) is 9.90 Å². The van der Waals surface area contributed by atoms with Gasteiger partial charge in [0.05, 0.1) is 7.11 Å². The molecular weight excluding hydrogens is 220 g/mol. The predicted octanol–water partition coefficient (Wildman–Crippen LogP) is 0.192. The maximum Gasteiger partial charge on any atom is 0.247 e. The normalized spacial score (nSPS) is 14.1. The van der Waals surface area contributed by atoms with Crippen LogP contribution in [-0.2, 0) is 4.79 Å². The van der Waals surface area contributed by atoms with E-state index in [1.54, 1.807) is 7.11 Å². The molecule has 0 bridgehead atoms. The van der Waals surface area contributed by atoms with Gasteiger partial charge in [-0.2, -0.15) is 0 Å². The van der Waals surface area contributed by atoms with E-state index in [0.717, 1.165) is 11.3 Å². The van der Waals surface area contributed by atoms with Crippen molar-refractivity contribution in [2.45, 2.75) is 19.1 Å². The lowest BCUT2D eigenvalue weighted by molar-refractivity contribution is -0.125. The molecule has 0 saturated carbocycles. The van der Waals surface area contributed by atoms with Crippen LogP contribution in [0.5, 0.6) is 5.75 Å². The number of ether oxygens (including phenoxy) is 1. The number of para-hydroxylation sites is 1. The Balaban J connectivity index is 2.63. The van der Waals surface area contributed by atoms with Gasteiger partial charge in [0, 0.05) is 18.2 Å². The van der Waals surface area contributed by atoms with Gasteiger partial charge in [0.1, 0.15) is 11.9 Å². The van der Waals surface area contributed by atoms with Crippen LogP contribution >= 0.6 is 0 Å². The Hall–Kier alpha value is -1.59. The Labute approximate surface area is 101 Å². The van der Waals surface area contributed by atoms with Crippen molar-refractivity contribution < 1.29 is 14.6 Å². The molecule has 0 aliphatic heterocycles. The first kappa shape index (κ1) is 13.5. The lowest BCUT2D eigenvalue weighted by atomic mass is 10.1. The Morgan fingerprint density at radius 2 is 2.18 bits per heavy atom. The standard InChI is InChI=1S/C12H18N2O3/c1-8(14-7-10(15)12(13)16)9-5-3-4-6-11(9)17-2/h3-6,8,10,14-15H,7H2,1-2H3,(H2,13,16). The van der Waals surface area contributed by atoms with Gasteiger partial charge < -0.3 is 20.9 Å². The van der Waals surface area contributed by atoms with Crippen molar-refractivity contribution >= 4 is 5.91 Å². The fraction of sp³-hybridized carbons (Fsp3) is 0.417. The average Bonchev–Trinajstić information content (AvgIpc) is 2.35. The molecular formula is C12H18N2O3. The number of nitrogens with one attached hydrogen (secondary N) is 1. The second-order valence-corrected chi connectivity index (χ2v) is 3.79. The number of hydrogen-bond acceptors (Lipinski definition) is 4. The molecule has 0 aliphatic carbocycles. The summed E-state index contributed by atoms with van der Waals surface area (Å²) in [7, 11) is 1.60. The first-order valence-electron chi connectivity index (χ1n) is 5.40. The van der Waals surface area contributed by atoms with Gasteiger partial charge in [-0.3, -0.25) is 4.79 Å². The van der Waals surface area contributed by atoms with Gasteiger partial charge in [-0.05, 0) is 13.0 Å². The van der Waals surface area contributed by atoms with Crippen molar-refractivity contribution in [3.63, 3.8) is 0 Å².